The Bertz CT molecular complexity index is 401. The van der Waals surface area contributed by atoms with Crippen molar-refractivity contribution < 1.29 is 0 Å². The van der Waals surface area contributed by atoms with E-state index in [9.17, 15) is 0 Å². The number of thioether (sulfide) groups is 1. The molecule has 0 amide bonds. The third kappa shape index (κ3) is 4.83. The van der Waals surface area contributed by atoms with Gasteiger partial charge in [-0.1, -0.05) is 29.3 Å². The average molecular weight is 321 g/mol. The molecule has 0 aliphatic heterocycles. The van der Waals surface area contributed by atoms with Crippen molar-refractivity contribution >= 4 is 35.0 Å². The summed E-state index contributed by atoms with van der Waals surface area (Å²) in [5, 5.41) is 1.34. The van der Waals surface area contributed by atoms with Crippen LogP contribution in [-0.2, 0) is 0 Å². The number of nitrogens with two attached hydrogens (primary N) is 1. The Morgan fingerprint density at radius 3 is 2.58 bits per heavy atom. The molecular formula is C14H22Cl2N2S. The number of hydrogen-bond acceptors (Lipinski definition) is 3. The Kier molecular flexibility index (Phi) is 7.55. The molecule has 19 heavy (non-hydrogen) atoms. The van der Waals surface area contributed by atoms with Crippen molar-refractivity contribution in [2.24, 2.45) is 5.73 Å². The molecule has 2 unspecified atom stereocenters. The van der Waals surface area contributed by atoms with Crippen LogP contribution in [0.2, 0.25) is 10.0 Å². The fourth-order valence-corrected chi connectivity index (χ4v) is 3.19. The van der Waals surface area contributed by atoms with E-state index in [2.05, 4.69) is 25.1 Å². The van der Waals surface area contributed by atoms with Gasteiger partial charge in [-0.3, -0.25) is 4.90 Å². The lowest BCUT2D eigenvalue weighted by Crippen LogP contribution is -2.37. The van der Waals surface area contributed by atoms with Gasteiger partial charge in [-0.15, -0.1) is 0 Å². The van der Waals surface area contributed by atoms with Crippen LogP contribution in [0.1, 0.15) is 24.9 Å². The summed E-state index contributed by atoms with van der Waals surface area (Å²) in [4.78, 5) is 2.30. The zero-order valence-electron chi connectivity index (χ0n) is 11.7. The molecule has 108 valence electrons. The molecule has 1 rings (SSSR count). The van der Waals surface area contributed by atoms with Gasteiger partial charge in [0.05, 0.1) is 0 Å². The Morgan fingerprint density at radius 2 is 2.05 bits per heavy atom. The third-order valence-electron chi connectivity index (χ3n) is 3.47. The largest absolute Gasteiger partial charge is 0.329 e. The quantitative estimate of drug-likeness (QED) is 0.821. The van der Waals surface area contributed by atoms with E-state index in [4.69, 9.17) is 28.9 Å². The lowest BCUT2D eigenvalue weighted by Gasteiger charge is -2.33. The number of halogens is 2. The van der Waals surface area contributed by atoms with Gasteiger partial charge < -0.3 is 5.73 Å². The van der Waals surface area contributed by atoms with Crippen molar-refractivity contribution in [1.82, 2.24) is 4.90 Å². The Balaban J connectivity index is 2.86. The maximum Gasteiger partial charge on any atom is 0.0484 e. The van der Waals surface area contributed by atoms with E-state index in [-0.39, 0.29) is 6.04 Å². The molecule has 1 aromatic rings. The van der Waals surface area contributed by atoms with Gasteiger partial charge in [0.2, 0.25) is 0 Å². The highest BCUT2D eigenvalue weighted by atomic mass is 35.5. The van der Waals surface area contributed by atoms with Gasteiger partial charge in [-0.2, -0.15) is 11.8 Å². The molecule has 5 heteroatoms. The van der Waals surface area contributed by atoms with Crippen molar-refractivity contribution in [1.29, 1.82) is 0 Å². The minimum Gasteiger partial charge on any atom is -0.329 e. The van der Waals surface area contributed by atoms with Crippen LogP contribution in [0.4, 0.5) is 0 Å². The average Bonchev–Trinajstić information content (AvgIpc) is 2.38. The predicted molar refractivity (Wildman–Crippen MR) is 88.5 cm³/mol. The highest BCUT2D eigenvalue weighted by Crippen LogP contribution is 2.30. The summed E-state index contributed by atoms with van der Waals surface area (Å²) in [6.45, 7) is 2.77. The van der Waals surface area contributed by atoms with Gasteiger partial charge in [0.25, 0.3) is 0 Å². The van der Waals surface area contributed by atoms with E-state index in [0.29, 0.717) is 22.6 Å². The first-order valence-electron chi connectivity index (χ1n) is 6.37. The van der Waals surface area contributed by atoms with Gasteiger partial charge in [-0.05, 0) is 50.1 Å². The number of nitrogens with zero attached hydrogens (tertiary/aromatic N) is 1. The van der Waals surface area contributed by atoms with Gasteiger partial charge in [0.1, 0.15) is 0 Å². The zero-order valence-corrected chi connectivity index (χ0v) is 14.0. The maximum atomic E-state index is 6.29. The van der Waals surface area contributed by atoms with E-state index < -0.39 is 0 Å². The van der Waals surface area contributed by atoms with Gasteiger partial charge in [0, 0.05) is 28.7 Å². The first kappa shape index (κ1) is 17.1. The SMILES string of the molecule is CSCCC(C)N(C)C(CN)c1ccc(Cl)cc1Cl. The van der Waals surface area contributed by atoms with E-state index >= 15 is 0 Å². The van der Waals surface area contributed by atoms with Crippen LogP contribution < -0.4 is 5.73 Å². The van der Waals surface area contributed by atoms with E-state index in [1.165, 1.54) is 0 Å². The Morgan fingerprint density at radius 1 is 1.37 bits per heavy atom. The minimum atomic E-state index is 0.127. The van der Waals surface area contributed by atoms with Gasteiger partial charge >= 0.3 is 0 Å². The third-order valence-corrected chi connectivity index (χ3v) is 4.68. The number of likely N-dealkylation sites (N-methyl/N-ethyl adjacent to an activating group) is 1. The summed E-state index contributed by atoms with van der Waals surface area (Å²) >= 11 is 14.1. The summed E-state index contributed by atoms with van der Waals surface area (Å²) in [7, 11) is 2.10. The number of hydrogen-bond donors (Lipinski definition) is 1. The lowest BCUT2D eigenvalue weighted by atomic mass is 10.0. The molecule has 0 radical (unpaired) electrons. The Hall–Kier alpha value is 0.0700. The van der Waals surface area contributed by atoms with Crippen LogP contribution >= 0.6 is 35.0 Å². The van der Waals surface area contributed by atoms with E-state index in [1.54, 1.807) is 6.07 Å². The van der Waals surface area contributed by atoms with E-state index in [0.717, 1.165) is 17.7 Å². The monoisotopic (exact) mass is 320 g/mol. The lowest BCUT2D eigenvalue weighted by molar-refractivity contribution is 0.185. The second-order valence-corrected chi connectivity index (χ2v) is 6.54. The van der Waals surface area contributed by atoms with Crippen molar-refractivity contribution in [3.05, 3.63) is 33.8 Å². The molecule has 2 nitrogen and oxygen atoms in total. The second kappa shape index (κ2) is 8.38. The molecule has 0 fully saturated rings. The fraction of sp³-hybridized carbons (Fsp3) is 0.571. The molecule has 0 aromatic heterocycles. The Labute approximate surface area is 130 Å². The molecule has 0 saturated carbocycles. The van der Waals surface area contributed by atoms with Crippen LogP contribution in [0, 0.1) is 0 Å². The summed E-state index contributed by atoms with van der Waals surface area (Å²) in [6, 6.07) is 6.21. The van der Waals surface area contributed by atoms with Crippen LogP contribution in [0.25, 0.3) is 0 Å². The maximum absolute atomic E-state index is 6.29. The van der Waals surface area contributed by atoms with Crippen molar-refractivity contribution in [2.75, 3.05) is 25.6 Å². The molecule has 0 heterocycles. The van der Waals surface area contributed by atoms with Crippen LogP contribution in [0.15, 0.2) is 18.2 Å². The minimum absolute atomic E-state index is 0.127. The van der Waals surface area contributed by atoms with Crippen LogP contribution in [0.3, 0.4) is 0 Å². The standard InChI is InChI=1S/C14H22Cl2N2S/c1-10(6-7-19-3)18(2)14(9-17)12-5-4-11(15)8-13(12)16/h4-5,8,10,14H,6-7,9,17H2,1-3H3. The second-order valence-electron chi connectivity index (χ2n) is 4.71. The molecule has 0 aliphatic rings. The predicted octanol–water partition coefficient (Wildman–Crippen LogP) is 4.07. The molecule has 0 spiro atoms. The van der Waals surface area contributed by atoms with Crippen LogP contribution in [0.5, 0.6) is 0 Å². The molecule has 2 N–H and O–H groups in total. The van der Waals surface area contributed by atoms with Gasteiger partial charge in [-0.25, -0.2) is 0 Å². The van der Waals surface area contributed by atoms with Crippen molar-refractivity contribution in [3.63, 3.8) is 0 Å². The molecule has 0 aliphatic carbocycles. The highest BCUT2D eigenvalue weighted by molar-refractivity contribution is 7.98. The topological polar surface area (TPSA) is 29.3 Å². The normalized spacial score (nSPS) is 14.7. The molecule has 2 atom stereocenters. The number of benzene rings is 1. The van der Waals surface area contributed by atoms with E-state index in [1.807, 2.05) is 23.9 Å². The first-order valence-corrected chi connectivity index (χ1v) is 8.52. The number of rotatable bonds is 7. The first-order chi connectivity index (χ1) is 9.01. The van der Waals surface area contributed by atoms with Gasteiger partial charge in [0.15, 0.2) is 0 Å². The molecule has 0 bridgehead atoms. The zero-order chi connectivity index (χ0) is 14.4. The molecule has 0 saturated heterocycles. The van der Waals surface area contributed by atoms with Crippen molar-refractivity contribution in [3.8, 4) is 0 Å². The summed E-state index contributed by atoms with van der Waals surface area (Å²) in [5.74, 6) is 1.15. The van der Waals surface area contributed by atoms with Crippen LogP contribution in [-0.4, -0.2) is 36.5 Å². The highest BCUT2D eigenvalue weighted by Gasteiger charge is 2.22. The summed E-state index contributed by atoms with van der Waals surface area (Å²) in [6.07, 6.45) is 3.27. The smallest absolute Gasteiger partial charge is 0.0484 e. The fourth-order valence-electron chi connectivity index (χ4n) is 2.08. The molecular weight excluding hydrogens is 299 g/mol. The summed E-state index contributed by atoms with van der Waals surface area (Å²) < 4.78 is 0. The summed E-state index contributed by atoms with van der Waals surface area (Å²) in [5.41, 5.74) is 6.99. The molecule has 1 aromatic carbocycles. The van der Waals surface area contributed by atoms with Crippen molar-refractivity contribution in [2.45, 2.75) is 25.4 Å².